The highest BCUT2D eigenvalue weighted by atomic mass is 16.6. The summed E-state index contributed by atoms with van der Waals surface area (Å²) < 4.78 is 9.51. The van der Waals surface area contributed by atoms with Crippen LogP contribution in [0.1, 0.15) is 20.8 Å². The quantitative estimate of drug-likeness (QED) is 0.577. The zero-order valence-corrected chi connectivity index (χ0v) is 10.2. The normalized spacial score (nSPS) is 19.1. The van der Waals surface area contributed by atoms with E-state index in [-0.39, 0.29) is 5.95 Å². The summed E-state index contributed by atoms with van der Waals surface area (Å²) in [6, 6.07) is 0. The van der Waals surface area contributed by atoms with E-state index >= 15 is 0 Å². The van der Waals surface area contributed by atoms with E-state index in [2.05, 4.69) is 0 Å². The maximum absolute atomic E-state index is 11.6. The van der Waals surface area contributed by atoms with Crippen LogP contribution in [0.4, 0.5) is 0 Å². The molecule has 4 nitrogen and oxygen atoms in total. The van der Waals surface area contributed by atoms with Gasteiger partial charge in [0.25, 0.3) is 5.95 Å². The average Bonchev–Trinajstić information content (AvgIpc) is 2.49. The number of ether oxygens (including phenoxy) is 2. The minimum Gasteiger partial charge on any atom is -0.481 e. The molecule has 0 aromatic rings. The Morgan fingerprint density at radius 3 is 2.00 bits per heavy atom. The van der Waals surface area contributed by atoms with Crippen molar-refractivity contribution >= 4 is 5.97 Å². The molecule has 4 heteroatoms. The van der Waals surface area contributed by atoms with Crippen LogP contribution in [0.5, 0.6) is 0 Å². The SMILES string of the molecule is COC(=O)C1=C(C)/C(=C(\O)OC)C(C)=C1C. The second-order valence-corrected chi connectivity index (χ2v) is 3.63. The Labute approximate surface area is 94.9 Å². The summed E-state index contributed by atoms with van der Waals surface area (Å²) in [4.78, 5) is 11.6. The maximum atomic E-state index is 11.6. The molecule has 0 saturated carbocycles. The molecule has 0 fully saturated rings. The molecule has 0 radical (unpaired) electrons. The number of carbonyl (C=O) groups excluding carboxylic acids is 1. The molecule has 1 aliphatic carbocycles. The largest absolute Gasteiger partial charge is 0.481 e. The zero-order chi connectivity index (χ0) is 12.5. The molecule has 0 aromatic heterocycles. The van der Waals surface area contributed by atoms with Gasteiger partial charge in [0.2, 0.25) is 0 Å². The van der Waals surface area contributed by atoms with Crippen LogP contribution in [0.2, 0.25) is 0 Å². The van der Waals surface area contributed by atoms with Gasteiger partial charge in [0.15, 0.2) is 0 Å². The second kappa shape index (κ2) is 4.43. The van der Waals surface area contributed by atoms with Gasteiger partial charge >= 0.3 is 5.97 Å². The van der Waals surface area contributed by atoms with Gasteiger partial charge in [0, 0.05) is 0 Å². The van der Waals surface area contributed by atoms with Gasteiger partial charge in [-0.25, -0.2) is 4.79 Å². The smallest absolute Gasteiger partial charge is 0.338 e. The van der Waals surface area contributed by atoms with E-state index < -0.39 is 5.97 Å². The lowest BCUT2D eigenvalue weighted by molar-refractivity contribution is -0.135. The van der Waals surface area contributed by atoms with Crippen molar-refractivity contribution in [2.75, 3.05) is 14.2 Å². The Bertz CT molecular complexity index is 424. The summed E-state index contributed by atoms with van der Waals surface area (Å²) in [5, 5.41) is 9.63. The summed E-state index contributed by atoms with van der Waals surface area (Å²) in [5.41, 5.74) is 3.39. The number of methoxy groups -OCH3 is 2. The van der Waals surface area contributed by atoms with Gasteiger partial charge in [-0.3, -0.25) is 0 Å². The fourth-order valence-corrected chi connectivity index (χ4v) is 1.89. The van der Waals surface area contributed by atoms with Gasteiger partial charge in [-0.1, -0.05) is 0 Å². The maximum Gasteiger partial charge on any atom is 0.338 e. The van der Waals surface area contributed by atoms with Gasteiger partial charge in [-0.2, -0.15) is 0 Å². The monoisotopic (exact) mass is 224 g/mol. The molecule has 16 heavy (non-hydrogen) atoms. The molecule has 1 rings (SSSR count). The van der Waals surface area contributed by atoms with E-state index in [1.807, 2.05) is 13.8 Å². The van der Waals surface area contributed by atoms with E-state index in [1.54, 1.807) is 6.92 Å². The van der Waals surface area contributed by atoms with Gasteiger partial charge in [-0.15, -0.1) is 0 Å². The summed E-state index contributed by atoms with van der Waals surface area (Å²) in [6.07, 6.45) is 0. The number of esters is 1. The Balaban J connectivity index is 3.41. The van der Waals surface area contributed by atoms with Crippen molar-refractivity contribution in [3.63, 3.8) is 0 Å². The van der Waals surface area contributed by atoms with Gasteiger partial charge in [-0.05, 0) is 37.5 Å². The predicted octanol–water partition coefficient (Wildman–Crippen LogP) is 2.24. The van der Waals surface area contributed by atoms with Crippen molar-refractivity contribution in [3.05, 3.63) is 33.8 Å². The summed E-state index contributed by atoms with van der Waals surface area (Å²) in [5.74, 6) is -0.568. The zero-order valence-electron chi connectivity index (χ0n) is 10.2. The molecule has 0 aliphatic heterocycles. The third kappa shape index (κ3) is 1.71. The van der Waals surface area contributed by atoms with Crippen LogP contribution < -0.4 is 0 Å². The molecule has 0 heterocycles. The van der Waals surface area contributed by atoms with E-state index in [9.17, 15) is 9.90 Å². The molecule has 1 aliphatic rings. The molecular formula is C12H16O4. The van der Waals surface area contributed by atoms with Crippen molar-refractivity contribution in [3.8, 4) is 0 Å². The Kier molecular flexibility index (Phi) is 3.42. The number of hydrogen-bond donors (Lipinski definition) is 1. The van der Waals surface area contributed by atoms with Gasteiger partial charge in [0.1, 0.15) is 0 Å². The summed E-state index contributed by atoms with van der Waals surface area (Å²) in [6.45, 7) is 5.41. The molecule has 0 amide bonds. The highest BCUT2D eigenvalue weighted by Gasteiger charge is 2.29. The van der Waals surface area contributed by atoms with Crippen LogP contribution in [0.25, 0.3) is 0 Å². The molecule has 1 N–H and O–H groups in total. The number of hydrogen-bond acceptors (Lipinski definition) is 4. The molecule has 0 atom stereocenters. The Hall–Kier alpha value is -1.71. The molecule has 0 spiro atoms. The molecule has 88 valence electrons. The highest BCUT2D eigenvalue weighted by molar-refractivity contribution is 5.97. The van der Waals surface area contributed by atoms with E-state index in [0.29, 0.717) is 16.7 Å². The third-order valence-electron chi connectivity index (χ3n) is 2.86. The number of aliphatic hydroxyl groups is 1. The molecule has 0 bridgehead atoms. The van der Waals surface area contributed by atoms with Crippen LogP contribution in [-0.4, -0.2) is 25.3 Å². The molecule has 0 aromatic carbocycles. The first-order valence-electron chi connectivity index (χ1n) is 4.90. The second-order valence-electron chi connectivity index (χ2n) is 3.63. The van der Waals surface area contributed by atoms with Crippen LogP contribution in [0.3, 0.4) is 0 Å². The summed E-state index contributed by atoms with van der Waals surface area (Å²) in [7, 11) is 2.72. The highest BCUT2D eigenvalue weighted by Crippen LogP contribution is 2.38. The topological polar surface area (TPSA) is 55.8 Å². The lowest BCUT2D eigenvalue weighted by atomic mass is 10.1. The number of carbonyl (C=O) groups is 1. The molecule has 0 unspecified atom stereocenters. The van der Waals surface area contributed by atoms with Gasteiger partial charge < -0.3 is 14.6 Å². The number of aliphatic hydroxyl groups excluding tert-OH is 1. The number of allylic oxidation sites excluding steroid dienone is 3. The lowest BCUT2D eigenvalue weighted by Crippen LogP contribution is -2.06. The van der Waals surface area contributed by atoms with E-state index in [0.717, 1.165) is 11.1 Å². The van der Waals surface area contributed by atoms with Crippen LogP contribution in [0, 0.1) is 0 Å². The molecule has 0 saturated heterocycles. The third-order valence-corrected chi connectivity index (χ3v) is 2.86. The minimum absolute atomic E-state index is 0.173. The number of rotatable bonds is 2. The fraction of sp³-hybridized carbons (Fsp3) is 0.417. The van der Waals surface area contributed by atoms with Crippen LogP contribution >= 0.6 is 0 Å². The Morgan fingerprint density at radius 1 is 1.00 bits per heavy atom. The van der Waals surface area contributed by atoms with Crippen molar-refractivity contribution in [2.24, 2.45) is 0 Å². The first-order chi connectivity index (χ1) is 7.45. The van der Waals surface area contributed by atoms with Crippen molar-refractivity contribution in [2.45, 2.75) is 20.8 Å². The van der Waals surface area contributed by atoms with Crippen LogP contribution in [-0.2, 0) is 14.3 Å². The first kappa shape index (κ1) is 12.4. The fourth-order valence-electron chi connectivity index (χ4n) is 1.89. The van der Waals surface area contributed by atoms with E-state index in [1.165, 1.54) is 14.2 Å². The van der Waals surface area contributed by atoms with Crippen molar-refractivity contribution < 1.29 is 19.4 Å². The average molecular weight is 224 g/mol. The standard InChI is InChI=1S/C12H16O4/c1-6-7(2)10(12(14)16-5)8(3)9(6)11(13)15-4/h13H,1-5H3/b11-9+. The van der Waals surface area contributed by atoms with Crippen molar-refractivity contribution in [1.82, 2.24) is 0 Å². The van der Waals surface area contributed by atoms with Crippen LogP contribution in [0.15, 0.2) is 33.8 Å². The van der Waals surface area contributed by atoms with Gasteiger partial charge in [0.05, 0.1) is 25.4 Å². The van der Waals surface area contributed by atoms with Crippen molar-refractivity contribution in [1.29, 1.82) is 0 Å². The minimum atomic E-state index is -0.395. The molecular weight excluding hydrogens is 208 g/mol. The first-order valence-corrected chi connectivity index (χ1v) is 4.90. The lowest BCUT2D eigenvalue weighted by Gasteiger charge is -2.06. The predicted molar refractivity (Wildman–Crippen MR) is 59.8 cm³/mol. The van der Waals surface area contributed by atoms with E-state index in [4.69, 9.17) is 9.47 Å². The Morgan fingerprint density at radius 2 is 1.56 bits per heavy atom. The summed E-state index contributed by atoms with van der Waals surface area (Å²) >= 11 is 0.